The minimum Gasteiger partial charge on any atom is -0.464 e. The van der Waals surface area contributed by atoms with Gasteiger partial charge < -0.3 is 23.7 Å². The fourth-order valence-electron chi connectivity index (χ4n) is 1.58. The summed E-state index contributed by atoms with van der Waals surface area (Å²) in [5, 5.41) is 0. The summed E-state index contributed by atoms with van der Waals surface area (Å²) in [6, 6.07) is 5.13. The number of methoxy groups -OCH3 is 2. The molecule has 0 aliphatic rings. The third-order valence-corrected chi connectivity index (χ3v) is 2.48. The highest BCUT2D eigenvalue weighted by Crippen LogP contribution is 2.35. The van der Waals surface area contributed by atoms with E-state index in [9.17, 15) is 4.79 Å². The third-order valence-electron chi connectivity index (χ3n) is 2.48. The summed E-state index contributed by atoms with van der Waals surface area (Å²) in [4.78, 5) is 11.8. The van der Waals surface area contributed by atoms with Crippen molar-refractivity contribution in [2.75, 3.05) is 34.4 Å². The molecule has 0 aliphatic carbocycles. The maximum Gasteiger partial charge on any atom is 0.338 e. The molecule has 116 valence electrons. The average Bonchev–Trinajstić information content (AvgIpc) is 2.50. The van der Waals surface area contributed by atoms with Crippen molar-refractivity contribution < 1.29 is 28.5 Å². The van der Waals surface area contributed by atoms with Crippen LogP contribution in [-0.4, -0.2) is 40.4 Å². The Morgan fingerprint density at radius 1 is 1.14 bits per heavy atom. The van der Waals surface area contributed by atoms with Crippen molar-refractivity contribution in [3.05, 3.63) is 30.3 Å². The topological polar surface area (TPSA) is 63.2 Å². The van der Waals surface area contributed by atoms with Gasteiger partial charge >= 0.3 is 5.97 Å². The minimum atomic E-state index is -0.511. The molecule has 0 fully saturated rings. The van der Waals surface area contributed by atoms with Gasteiger partial charge in [-0.05, 0) is 13.0 Å². The fraction of sp³-hybridized carbons (Fsp3) is 0.400. The molecule has 0 bridgehead atoms. The SMILES string of the molecule is C=C(C(=O)OCC)c1cccc(OCOC)c1OCOC. The molecule has 0 spiro atoms. The van der Waals surface area contributed by atoms with Crippen molar-refractivity contribution in [3.8, 4) is 11.5 Å². The lowest BCUT2D eigenvalue weighted by Gasteiger charge is -2.16. The van der Waals surface area contributed by atoms with E-state index in [0.717, 1.165) is 0 Å². The second kappa shape index (κ2) is 8.99. The van der Waals surface area contributed by atoms with Crippen molar-refractivity contribution in [2.24, 2.45) is 0 Å². The Bertz CT molecular complexity index is 483. The van der Waals surface area contributed by atoms with E-state index in [-0.39, 0.29) is 25.8 Å². The summed E-state index contributed by atoms with van der Waals surface area (Å²) in [6.45, 7) is 5.81. The first-order chi connectivity index (χ1) is 10.2. The number of benzene rings is 1. The van der Waals surface area contributed by atoms with Crippen LogP contribution in [0.1, 0.15) is 12.5 Å². The van der Waals surface area contributed by atoms with Gasteiger partial charge in [0, 0.05) is 19.8 Å². The zero-order valence-electron chi connectivity index (χ0n) is 12.5. The Morgan fingerprint density at radius 2 is 1.81 bits per heavy atom. The van der Waals surface area contributed by atoms with Crippen molar-refractivity contribution in [1.82, 2.24) is 0 Å². The van der Waals surface area contributed by atoms with E-state index in [2.05, 4.69) is 6.58 Å². The largest absolute Gasteiger partial charge is 0.464 e. The molecule has 0 saturated carbocycles. The van der Waals surface area contributed by atoms with Gasteiger partial charge in [-0.1, -0.05) is 18.7 Å². The van der Waals surface area contributed by atoms with Gasteiger partial charge in [0.1, 0.15) is 0 Å². The van der Waals surface area contributed by atoms with Crippen LogP contribution >= 0.6 is 0 Å². The summed E-state index contributed by atoms with van der Waals surface area (Å²) < 4.78 is 25.6. The highest BCUT2D eigenvalue weighted by molar-refractivity contribution is 6.16. The predicted molar refractivity (Wildman–Crippen MR) is 77.1 cm³/mol. The summed E-state index contributed by atoms with van der Waals surface area (Å²) in [7, 11) is 3.01. The van der Waals surface area contributed by atoms with Gasteiger partial charge in [0.15, 0.2) is 25.1 Å². The minimum absolute atomic E-state index is 0.0104. The molecule has 0 radical (unpaired) electrons. The molecule has 0 saturated heterocycles. The Hall–Kier alpha value is -2.05. The first-order valence-corrected chi connectivity index (χ1v) is 6.38. The van der Waals surface area contributed by atoms with Gasteiger partial charge in [0.05, 0.1) is 12.2 Å². The number of carbonyl (C=O) groups excluding carboxylic acids is 1. The van der Waals surface area contributed by atoms with Gasteiger partial charge in [-0.25, -0.2) is 4.79 Å². The van der Waals surface area contributed by atoms with Crippen molar-refractivity contribution in [1.29, 1.82) is 0 Å². The lowest BCUT2D eigenvalue weighted by Crippen LogP contribution is -2.10. The van der Waals surface area contributed by atoms with Crippen LogP contribution in [0.15, 0.2) is 24.8 Å². The van der Waals surface area contributed by atoms with Gasteiger partial charge in [-0.3, -0.25) is 0 Å². The molecular formula is C15H20O6. The van der Waals surface area contributed by atoms with Crippen LogP contribution in [0.4, 0.5) is 0 Å². The van der Waals surface area contributed by atoms with Gasteiger partial charge in [0.2, 0.25) is 0 Å². The van der Waals surface area contributed by atoms with Crippen LogP contribution < -0.4 is 9.47 Å². The molecule has 0 aromatic heterocycles. The van der Waals surface area contributed by atoms with Crippen molar-refractivity contribution in [2.45, 2.75) is 6.92 Å². The number of hydrogen-bond donors (Lipinski definition) is 0. The van der Waals surface area contributed by atoms with E-state index in [0.29, 0.717) is 17.1 Å². The van der Waals surface area contributed by atoms with E-state index in [4.69, 9.17) is 23.7 Å². The maximum atomic E-state index is 11.8. The highest BCUT2D eigenvalue weighted by atomic mass is 16.7. The molecular weight excluding hydrogens is 276 g/mol. The number of rotatable bonds is 9. The zero-order valence-corrected chi connectivity index (χ0v) is 12.5. The second-order valence-corrected chi connectivity index (χ2v) is 3.93. The quantitative estimate of drug-likeness (QED) is 0.395. The van der Waals surface area contributed by atoms with Crippen LogP contribution in [0.5, 0.6) is 11.5 Å². The van der Waals surface area contributed by atoms with Crippen LogP contribution in [0.2, 0.25) is 0 Å². The number of carbonyl (C=O) groups is 1. The number of hydrogen-bond acceptors (Lipinski definition) is 6. The molecule has 1 rings (SSSR count). The Kier molecular flexibility index (Phi) is 7.28. The van der Waals surface area contributed by atoms with E-state index >= 15 is 0 Å². The van der Waals surface area contributed by atoms with E-state index in [1.807, 2.05) is 0 Å². The summed E-state index contributed by atoms with van der Waals surface area (Å²) in [6.07, 6.45) is 0. The molecule has 0 aliphatic heterocycles. The van der Waals surface area contributed by atoms with Gasteiger partial charge in [-0.2, -0.15) is 0 Å². The van der Waals surface area contributed by atoms with E-state index < -0.39 is 5.97 Å². The second-order valence-electron chi connectivity index (χ2n) is 3.93. The molecule has 0 N–H and O–H groups in total. The molecule has 0 amide bonds. The van der Waals surface area contributed by atoms with Crippen LogP contribution in [0.25, 0.3) is 5.57 Å². The van der Waals surface area contributed by atoms with E-state index in [1.165, 1.54) is 14.2 Å². The molecule has 6 nitrogen and oxygen atoms in total. The Morgan fingerprint density at radius 3 is 2.43 bits per heavy atom. The Balaban J connectivity index is 3.10. The number of esters is 1. The predicted octanol–water partition coefficient (Wildman–Crippen LogP) is 2.23. The molecule has 0 heterocycles. The van der Waals surface area contributed by atoms with Crippen LogP contribution in [0.3, 0.4) is 0 Å². The summed E-state index contributed by atoms with van der Waals surface area (Å²) in [5.74, 6) is 0.273. The zero-order chi connectivity index (χ0) is 15.7. The third kappa shape index (κ3) is 4.77. The standard InChI is InChI=1S/C15H20O6/c1-5-19-15(16)11(2)12-7-6-8-13(20-9-17-3)14(12)21-10-18-4/h6-8H,2,5,9-10H2,1,3-4H3. The number of para-hydroxylation sites is 1. The molecule has 0 atom stereocenters. The monoisotopic (exact) mass is 296 g/mol. The molecule has 0 unspecified atom stereocenters. The Labute approximate surface area is 124 Å². The number of ether oxygens (including phenoxy) is 5. The maximum absolute atomic E-state index is 11.8. The lowest BCUT2D eigenvalue weighted by molar-refractivity contribution is -0.136. The van der Waals surface area contributed by atoms with Crippen LogP contribution in [-0.2, 0) is 19.0 Å². The molecule has 21 heavy (non-hydrogen) atoms. The molecule has 1 aromatic rings. The van der Waals surface area contributed by atoms with Gasteiger partial charge in [0.25, 0.3) is 0 Å². The van der Waals surface area contributed by atoms with Crippen molar-refractivity contribution >= 4 is 11.5 Å². The highest BCUT2D eigenvalue weighted by Gasteiger charge is 2.19. The normalized spacial score (nSPS) is 10.0. The molecule has 6 heteroatoms. The fourth-order valence-corrected chi connectivity index (χ4v) is 1.58. The van der Waals surface area contributed by atoms with Crippen molar-refractivity contribution in [3.63, 3.8) is 0 Å². The summed E-state index contributed by atoms with van der Waals surface area (Å²) in [5.41, 5.74) is 0.671. The average molecular weight is 296 g/mol. The van der Waals surface area contributed by atoms with Gasteiger partial charge in [-0.15, -0.1) is 0 Å². The smallest absolute Gasteiger partial charge is 0.338 e. The lowest BCUT2D eigenvalue weighted by atomic mass is 10.1. The first kappa shape index (κ1) is 17.0. The summed E-state index contributed by atoms with van der Waals surface area (Å²) >= 11 is 0. The molecule has 1 aromatic carbocycles. The van der Waals surface area contributed by atoms with Crippen LogP contribution in [0, 0.1) is 0 Å². The first-order valence-electron chi connectivity index (χ1n) is 6.38. The van der Waals surface area contributed by atoms with E-state index in [1.54, 1.807) is 25.1 Å².